The minimum absolute atomic E-state index is 0.505. The largest absolute Gasteiger partial charge is 0.325 e. The summed E-state index contributed by atoms with van der Waals surface area (Å²) in [4.78, 5) is 0. The Morgan fingerprint density at radius 3 is 2.94 bits per heavy atom. The van der Waals surface area contributed by atoms with E-state index in [9.17, 15) is 0 Å². The molecule has 0 saturated carbocycles. The zero-order valence-corrected chi connectivity index (χ0v) is 10.9. The van der Waals surface area contributed by atoms with Gasteiger partial charge in [-0.1, -0.05) is 12.1 Å². The Morgan fingerprint density at radius 2 is 2.18 bits per heavy atom. The summed E-state index contributed by atoms with van der Waals surface area (Å²) in [6.45, 7) is 2.21. The van der Waals surface area contributed by atoms with Gasteiger partial charge in [0.2, 0.25) is 0 Å². The fraction of sp³-hybridized carbons (Fsp3) is 0.250. The van der Waals surface area contributed by atoms with E-state index >= 15 is 0 Å². The lowest BCUT2D eigenvalue weighted by Gasteiger charge is -2.09. The number of aromatic nitrogens is 2. The minimum atomic E-state index is 0.505. The van der Waals surface area contributed by atoms with Crippen LogP contribution >= 0.6 is 15.9 Å². The van der Waals surface area contributed by atoms with Gasteiger partial charge in [-0.3, -0.25) is 0 Å². The van der Waals surface area contributed by atoms with Crippen LogP contribution in [0.3, 0.4) is 0 Å². The van der Waals surface area contributed by atoms with Crippen LogP contribution in [0.4, 0.5) is 0 Å². The van der Waals surface area contributed by atoms with Crippen LogP contribution in [0.1, 0.15) is 17.0 Å². The molecule has 0 bridgehead atoms. The van der Waals surface area contributed by atoms with Gasteiger partial charge in [-0.05, 0) is 28.1 Å². The normalized spacial score (nSPS) is 14.0. The molecule has 0 radical (unpaired) electrons. The molecule has 5 heteroatoms. The number of fused-ring (bicyclic) bond motifs is 1. The second kappa shape index (κ2) is 4.25. The van der Waals surface area contributed by atoms with Gasteiger partial charge in [0.05, 0.1) is 17.1 Å². The van der Waals surface area contributed by atoms with Gasteiger partial charge in [0.1, 0.15) is 0 Å². The lowest BCUT2D eigenvalue weighted by atomic mass is 10.2. The van der Waals surface area contributed by atoms with Crippen molar-refractivity contribution in [3.8, 4) is 5.69 Å². The summed E-state index contributed by atoms with van der Waals surface area (Å²) in [6.07, 6.45) is 0. The summed E-state index contributed by atoms with van der Waals surface area (Å²) in [5, 5.41) is 7.93. The van der Waals surface area contributed by atoms with Crippen molar-refractivity contribution < 1.29 is 0 Å². The SMILES string of the molecule is NCc1c2c(nn1-c1ccccc1Br)CNC2. The predicted molar refractivity (Wildman–Crippen MR) is 69.7 cm³/mol. The second-order valence-corrected chi connectivity index (χ2v) is 4.90. The van der Waals surface area contributed by atoms with Gasteiger partial charge in [0.15, 0.2) is 0 Å². The summed E-state index contributed by atoms with van der Waals surface area (Å²) < 4.78 is 2.99. The monoisotopic (exact) mass is 292 g/mol. The summed E-state index contributed by atoms with van der Waals surface area (Å²) in [7, 11) is 0. The number of hydrogen-bond donors (Lipinski definition) is 2. The Bertz CT molecular complexity index is 562. The van der Waals surface area contributed by atoms with E-state index in [0.29, 0.717) is 6.54 Å². The molecule has 88 valence electrons. The maximum absolute atomic E-state index is 5.85. The van der Waals surface area contributed by atoms with Crippen molar-refractivity contribution in [1.82, 2.24) is 15.1 Å². The molecule has 3 N–H and O–H groups in total. The first-order valence-electron chi connectivity index (χ1n) is 5.56. The minimum Gasteiger partial charge on any atom is -0.325 e. The van der Waals surface area contributed by atoms with E-state index in [-0.39, 0.29) is 0 Å². The van der Waals surface area contributed by atoms with Crippen molar-refractivity contribution in [3.05, 3.63) is 45.7 Å². The Labute approximate surface area is 108 Å². The molecule has 0 fully saturated rings. The standard InChI is InChI=1S/C12H13BrN4/c13-9-3-1-2-4-11(9)17-12(5-14)8-6-15-7-10(8)16-17/h1-4,15H,5-7,14H2. The molecule has 17 heavy (non-hydrogen) atoms. The van der Waals surface area contributed by atoms with Crippen molar-refractivity contribution >= 4 is 15.9 Å². The maximum Gasteiger partial charge on any atom is 0.0815 e. The van der Waals surface area contributed by atoms with Gasteiger partial charge in [-0.15, -0.1) is 0 Å². The third-order valence-electron chi connectivity index (χ3n) is 3.04. The van der Waals surface area contributed by atoms with Crippen LogP contribution in [-0.4, -0.2) is 9.78 Å². The molecule has 1 aliphatic heterocycles. The number of halogens is 1. The number of rotatable bonds is 2. The Hall–Kier alpha value is -1.17. The van der Waals surface area contributed by atoms with Crippen molar-refractivity contribution in [2.45, 2.75) is 19.6 Å². The first kappa shape index (κ1) is 11.0. The number of hydrogen-bond acceptors (Lipinski definition) is 3. The van der Waals surface area contributed by atoms with Gasteiger partial charge in [0.25, 0.3) is 0 Å². The highest BCUT2D eigenvalue weighted by molar-refractivity contribution is 9.10. The average molecular weight is 293 g/mol. The van der Waals surface area contributed by atoms with E-state index in [1.165, 1.54) is 5.56 Å². The molecule has 3 rings (SSSR count). The van der Waals surface area contributed by atoms with E-state index < -0.39 is 0 Å². The third-order valence-corrected chi connectivity index (χ3v) is 3.71. The molecule has 1 aliphatic rings. The number of para-hydroxylation sites is 1. The Balaban J connectivity index is 2.19. The van der Waals surface area contributed by atoms with Crippen LogP contribution in [0.5, 0.6) is 0 Å². The fourth-order valence-electron chi connectivity index (χ4n) is 2.22. The number of nitrogens with zero attached hydrogens (tertiary/aromatic N) is 2. The van der Waals surface area contributed by atoms with Gasteiger partial charge in [-0.25, -0.2) is 4.68 Å². The van der Waals surface area contributed by atoms with Gasteiger partial charge < -0.3 is 11.1 Å². The predicted octanol–water partition coefficient (Wildman–Crippen LogP) is 1.70. The highest BCUT2D eigenvalue weighted by Crippen LogP contribution is 2.26. The molecule has 0 amide bonds. The third kappa shape index (κ3) is 1.71. The summed E-state index contributed by atoms with van der Waals surface area (Å²) in [5.74, 6) is 0. The van der Waals surface area contributed by atoms with Crippen molar-refractivity contribution in [1.29, 1.82) is 0 Å². The van der Waals surface area contributed by atoms with E-state index in [2.05, 4.69) is 26.3 Å². The van der Waals surface area contributed by atoms with Gasteiger partial charge in [0, 0.05) is 29.7 Å². The molecule has 1 aromatic carbocycles. The molecule has 0 saturated heterocycles. The molecule has 4 nitrogen and oxygen atoms in total. The lowest BCUT2D eigenvalue weighted by molar-refractivity contribution is 0.697. The first-order chi connectivity index (χ1) is 8.31. The molecule has 1 aromatic heterocycles. The van der Waals surface area contributed by atoms with E-state index in [1.807, 2.05) is 28.9 Å². The van der Waals surface area contributed by atoms with Gasteiger partial charge >= 0.3 is 0 Å². The van der Waals surface area contributed by atoms with E-state index in [1.54, 1.807) is 0 Å². The molecule has 2 heterocycles. The summed E-state index contributed by atoms with van der Waals surface area (Å²) in [5.41, 5.74) is 10.4. The molecule has 0 spiro atoms. The molecule has 0 aliphatic carbocycles. The summed E-state index contributed by atoms with van der Waals surface area (Å²) in [6, 6.07) is 8.05. The molecule has 0 atom stereocenters. The van der Waals surface area contributed by atoms with Crippen LogP contribution in [-0.2, 0) is 19.6 Å². The molecule has 2 aromatic rings. The Kier molecular flexibility index (Phi) is 2.74. The fourth-order valence-corrected chi connectivity index (χ4v) is 2.67. The number of nitrogens with one attached hydrogen (secondary N) is 1. The van der Waals surface area contributed by atoms with E-state index in [4.69, 9.17) is 5.73 Å². The first-order valence-corrected chi connectivity index (χ1v) is 6.36. The average Bonchev–Trinajstić information content (AvgIpc) is 2.89. The Morgan fingerprint density at radius 1 is 1.35 bits per heavy atom. The molecule has 0 unspecified atom stereocenters. The highest BCUT2D eigenvalue weighted by Gasteiger charge is 2.22. The van der Waals surface area contributed by atoms with Crippen molar-refractivity contribution in [3.63, 3.8) is 0 Å². The van der Waals surface area contributed by atoms with Crippen LogP contribution in [0.15, 0.2) is 28.7 Å². The van der Waals surface area contributed by atoms with Crippen LogP contribution < -0.4 is 11.1 Å². The van der Waals surface area contributed by atoms with Crippen molar-refractivity contribution in [2.24, 2.45) is 5.73 Å². The smallest absolute Gasteiger partial charge is 0.0815 e. The van der Waals surface area contributed by atoms with Crippen LogP contribution in [0.2, 0.25) is 0 Å². The number of nitrogens with two attached hydrogens (primary N) is 1. The lowest BCUT2D eigenvalue weighted by Crippen LogP contribution is -2.12. The topological polar surface area (TPSA) is 55.9 Å². The molecular formula is C12H13BrN4. The summed E-state index contributed by atoms with van der Waals surface area (Å²) >= 11 is 3.55. The molecular weight excluding hydrogens is 280 g/mol. The van der Waals surface area contributed by atoms with Gasteiger partial charge in [-0.2, -0.15) is 5.10 Å². The zero-order valence-electron chi connectivity index (χ0n) is 9.28. The van der Waals surface area contributed by atoms with Crippen LogP contribution in [0.25, 0.3) is 5.69 Å². The second-order valence-electron chi connectivity index (χ2n) is 4.04. The van der Waals surface area contributed by atoms with Crippen LogP contribution in [0, 0.1) is 0 Å². The maximum atomic E-state index is 5.85. The van der Waals surface area contributed by atoms with E-state index in [0.717, 1.165) is 34.6 Å². The van der Waals surface area contributed by atoms with Crippen molar-refractivity contribution in [2.75, 3.05) is 0 Å². The quantitative estimate of drug-likeness (QED) is 0.886. The zero-order chi connectivity index (χ0) is 11.8. The number of benzene rings is 1. The highest BCUT2D eigenvalue weighted by atomic mass is 79.9.